The first kappa shape index (κ1) is 7.19. The van der Waals surface area contributed by atoms with Gasteiger partial charge in [-0.3, -0.25) is 0 Å². The van der Waals surface area contributed by atoms with Crippen LogP contribution in [0.3, 0.4) is 0 Å². The van der Waals surface area contributed by atoms with E-state index in [9.17, 15) is 0 Å². The Labute approximate surface area is 73.3 Å². The Morgan fingerprint density at radius 2 is 2.42 bits per heavy atom. The fraction of sp³-hybridized carbons (Fsp3) is 0.125. The average Bonchev–Trinajstić information content (AvgIpc) is 2.53. The highest BCUT2D eigenvalue weighted by atomic mass is 32.1. The van der Waals surface area contributed by atoms with Crippen molar-refractivity contribution in [3.05, 3.63) is 23.5 Å². The first-order valence-corrected chi connectivity index (χ1v) is 4.34. The molecule has 12 heavy (non-hydrogen) atoms. The van der Waals surface area contributed by atoms with Crippen LogP contribution in [0.4, 0.5) is 0 Å². The molecule has 2 aromatic heterocycles. The van der Waals surface area contributed by atoms with Gasteiger partial charge in [0.05, 0.1) is 18.2 Å². The van der Waals surface area contributed by atoms with Crippen molar-refractivity contribution in [2.45, 2.75) is 6.42 Å². The largest absolute Gasteiger partial charge is 0.240 e. The van der Waals surface area contributed by atoms with Gasteiger partial charge >= 0.3 is 0 Å². The number of aromatic nitrogens is 2. The maximum atomic E-state index is 8.51. The van der Waals surface area contributed by atoms with Crippen LogP contribution >= 0.6 is 11.3 Å². The van der Waals surface area contributed by atoms with Crippen LogP contribution < -0.4 is 0 Å². The molecule has 0 atom stereocenters. The first-order chi connectivity index (χ1) is 5.92. The topological polar surface area (TPSA) is 49.6 Å². The molecular weight excluding hydrogens is 170 g/mol. The Bertz CT molecular complexity index is 441. The lowest BCUT2D eigenvalue weighted by molar-refractivity contribution is 1.10. The van der Waals surface area contributed by atoms with Crippen molar-refractivity contribution in [2.24, 2.45) is 0 Å². The molecule has 2 heterocycles. The minimum absolute atomic E-state index is 0.357. The predicted molar refractivity (Wildman–Crippen MR) is 46.7 cm³/mol. The van der Waals surface area contributed by atoms with E-state index in [1.165, 1.54) is 6.33 Å². The van der Waals surface area contributed by atoms with Crippen LogP contribution in [0.5, 0.6) is 0 Å². The molecule has 0 aromatic carbocycles. The quantitative estimate of drug-likeness (QED) is 0.663. The van der Waals surface area contributed by atoms with Crippen molar-refractivity contribution >= 4 is 21.6 Å². The third-order valence-electron chi connectivity index (χ3n) is 1.59. The number of nitriles is 1. The van der Waals surface area contributed by atoms with E-state index in [-0.39, 0.29) is 0 Å². The molecule has 58 valence electrons. The van der Waals surface area contributed by atoms with E-state index < -0.39 is 0 Å². The summed E-state index contributed by atoms with van der Waals surface area (Å²) in [7, 11) is 0. The van der Waals surface area contributed by atoms with Gasteiger partial charge in [-0.25, -0.2) is 9.97 Å². The second-order valence-electron chi connectivity index (χ2n) is 2.29. The van der Waals surface area contributed by atoms with E-state index in [4.69, 9.17) is 5.26 Å². The number of fused-ring (bicyclic) bond motifs is 1. The highest BCUT2D eigenvalue weighted by Crippen LogP contribution is 2.19. The fourth-order valence-electron chi connectivity index (χ4n) is 1.06. The molecule has 0 saturated heterocycles. The Morgan fingerprint density at radius 3 is 3.25 bits per heavy atom. The van der Waals surface area contributed by atoms with Gasteiger partial charge in [-0.05, 0) is 11.4 Å². The predicted octanol–water partition coefficient (Wildman–Crippen LogP) is 1.76. The molecule has 0 bridgehead atoms. The summed E-state index contributed by atoms with van der Waals surface area (Å²) >= 11 is 1.57. The van der Waals surface area contributed by atoms with Crippen molar-refractivity contribution < 1.29 is 0 Å². The van der Waals surface area contributed by atoms with Crippen LogP contribution in [0.2, 0.25) is 0 Å². The van der Waals surface area contributed by atoms with Gasteiger partial charge in [0.2, 0.25) is 0 Å². The van der Waals surface area contributed by atoms with Crippen LogP contribution in [0.1, 0.15) is 5.69 Å². The van der Waals surface area contributed by atoms with Gasteiger partial charge in [0.25, 0.3) is 0 Å². The average molecular weight is 175 g/mol. The second kappa shape index (κ2) is 2.88. The van der Waals surface area contributed by atoms with Gasteiger partial charge in [0, 0.05) is 5.39 Å². The number of rotatable bonds is 1. The minimum Gasteiger partial charge on any atom is -0.240 e. The maximum Gasteiger partial charge on any atom is 0.126 e. The first-order valence-electron chi connectivity index (χ1n) is 3.46. The molecule has 0 spiro atoms. The summed E-state index contributed by atoms with van der Waals surface area (Å²) in [5, 5.41) is 11.5. The van der Waals surface area contributed by atoms with Crippen molar-refractivity contribution in [2.75, 3.05) is 0 Å². The second-order valence-corrected chi connectivity index (χ2v) is 3.19. The summed E-state index contributed by atoms with van der Waals surface area (Å²) in [5.74, 6) is 0. The van der Waals surface area contributed by atoms with Gasteiger partial charge in [-0.15, -0.1) is 11.3 Å². The monoisotopic (exact) mass is 175 g/mol. The van der Waals surface area contributed by atoms with Gasteiger partial charge in [-0.2, -0.15) is 5.26 Å². The van der Waals surface area contributed by atoms with Gasteiger partial charge in [-0.1, -0.05) is 0 Å². The smallest absolute Gasteiger partial charge is 0.126 e. The van der Waals surface area contributed by atoms with Gasteiger partial charge < -0.3 is 0 Å². The van der Waals surface area contributed by atoms with Crippen molar-refractivity contribution in [1.82, 2.24) is 9.97 Å². The molecule has 0 saturated carbocycles. The zero-order valence-corrected chi connectivity index (χ0v) is 7.01. The van der Waals surface area contributed by atoms with Crippen molar-refractivity contribution in [3.63, 3.8) is 0 Å². The highest BCUT2D eigenvalue weighted by molar-refractivity contribution is 7.16. The Hall–Kier alpha value is -1.47. The van der Waals surface area contributed by atoms with Crippen LogP contribution in [0.15, 0.2) is 17.8 Å². The van der Waals surface area contributed by atoms with E-state index in [0.717, 1.165) is 15.9 Å². The maximum absolute atomic E-state index is 8.51. The lowest BCUT2D eigenvalue weighted by Gasteiger charge is -1.93. The van der Waals surface area contributed by atoms with Crippen LogP contribution in [-0.2, 0) is 6.42 Å². The van der Waals surface area contributed by atoms with Crippen molar-refractivity contribution in [3.8, 4) is 6.07 Å². The molecule has 0 amide bonds. The Kier molecular flexibility index (Phi) is 1.72. The Morgan fingerprint density at radius 1 is 1.50 bits per heavy atom. The molecule has 0 fully saturated rings. The molecule has 3 nitrogen and oxygen atoms in total. The van der Waals surface area contributed by atoms with E-state index >= 15 is 0 Å². The van der Waals surface area contributed by atoms with Gasteiger partial charge in [0.1, 0.15) is 11.2 Å². The molecule has 0 aliphatic rings. The molecule has 0 N–H and O–H groups in total. The number of thiophene rings is 1. The summed E-state index contributed by atoms with van der Waals surface area (Å²) in [6, 6.07) is 4.03. The molecule has 0 aliphatic carbocycles. The number of nitrogens with zero attached hydrogens (tertiary/aromatic N) is 3. The highest BCUT2D eigenvalue weighted by Gasteiger charge is 2.02. The van der Waals surface area contributed by atoms with E-state index in [0.29, 0.717) is 6.42 Å². The molecule has 2 rings (SSSR count). The van der Waals surface area contributed by atoms with E-state index in [1.54, 1.807) is 11.3 Å². The molecule has 2 aromatic rings. The molecule has 0 aliphatic heterocycles. The summed E-state index contributed by atoms with van der Waals surface area (Å²) < 4.78 is 0. The van der Waals surface area contributed by atoms with Gasteiger partial charge in [0.15, 0.2) is 0 Å². The van der Waals surface area contributed by atoms with Crippen LogP contribution in [0.25, 0.3) is 10.2 Å². The normalized spacial score (nSPS) is 9.92. The summed E-state index contributed by atoms with van der Waals surface area (Å²) in [6.45, 7) is 0. The summed E-state index contributed by atoms with van der Waals surface area (Å²) in [6.07, 6.45) is 1.86. The standard InChI is InChI=1S/C8H5N3S/c9-3-1-7-6-2-4-12-8(6)11-5-10-7/h2,4-5H,1H2. The Balaban J connectivity index is 2.67. The molecular formula is C8H5N3S. The number of hydrogen-bond acceptors (Lipinski definition) is 4. The van der Waals surface area contributed by atoms with E-state index in [1.807, 2.05) is 11.4 Å². The molecule has 0 unspecified atom stereocenters. The zero-order chi connectivity index (χ0) is 8.39. The zero-order valence-electron chi connectivity index (χ0n) is 6.19. The molecule has 0 radical (unpaired) electrons. The third kappa shape index (κ3) is 1.04. The summed E-state index contributed by atoms with van der Waals surface area (Å²) in [4.78, 5) is 9.08. The SMILES string of the molecule is N#CCc1ncnc2sccc12. The van der Waals surface area contributed by atoms with Crippen LogP contribution in [-0.4, -0.2) is 9.97 Å². The third-order valence-corrected chi connectivity index (χ3v) is 2.41. The summed E-state index contributed by atoms with van der Waals surface area (Å²) in [5.41, 5.74) is 0.823. The minimum atomic E-state index is 0.357. The molecule has 4 heteroatoms. The number of hydrogen-bond donors (Lipinski definition) is 0. The lowest BCUT2D eigenvalue weighted by Crippen LogP contribution is -1.88. The fourth-order valence-corrected chi connectivity index (χ4v) is 1.81. The lowest BCUT2D eigenvalue weighted by atomic mass is 10.2. The van der Waals surface area contributed by atoms with Crippen LogP contribution in [0, 0.1) is 11.3 Å². The van der Waals surface area contributed by atoms with E-state index in [2.05, 4.69) is 16.0 Å². The van der Waals surface area contributed by atoms with Crippen molar-refractivity contribution in [1.29, 1.82) is 5.26 Å².